The van der Waals surface area contributed by atoms with Crippen LogP contribution in [0.15, 0.2) is 47.3 Å². The van der Waals surface area contributed by atoms with Crippen LogP contribution in [-0.2, 0) is 29.9 Å². The number of nitrogens with zero attached hydrogens (tertiary/aromatic N) is 4. The lowest BCUT2D eigenvalue weighted by Gasteiger charge is -2.41. The first-order valence-electron chi connectivity index (χ1n) is 11.1. The van der Waals surface area contributed by atoms with E-state index in [1.54, 1.807) is 37.2 Å². The zero-order valence-electron chi connectivity index (χ0n) is 19.6. The minimum atomic E-state index is -4.44. The molecule has 11 heteroatoms. The molecule has 2 heterocycles. The van der Waals surface area contributed by atoms with Crippen LogP contribution >= 0.6 is 0 Å². The maximum absolute atomic E-state index is 12.9. The number of hydrogen-bond donors (Lipinski definition) is 1. The molecule has 0 spiro atoms. The Bertz CT molecular complexity index is 1330. The lowest BCUT2D eigenvalue weighted by Crippen LogP contribution is -2.51. The first-order valence-corrected chi connectivity index (χ1v) is 11.1. The number of rotatable bonds is 4. The Labute approximate surface area is 199 Å². The SMILES string of the molecule is CC(=O)N1CCN(CC(=O)Nc2ccc3c(c2)n(C)c(=O)n3C)CC1c1ccc(C(F)(F)F)cc1. The van der Waals surface area contributed by atoms with E-state index in [0.29, 0.717) is 36.4 Å². The standard InChI is InChI=1S/C24H26F3N5O3/c1-15(33)32-11-10-31(13-21(32)16-4-6-17(7-5-16)24(25,26)27)14-22(34)28-18-8-9-19-20(12-18)30(3)23(35)29(19)2/h4-9,12,21H,10-11,13-14H2,1-3H3,(H,28,34). The van der Waals surface area contributed by atoms with E-state index >= 15 is 0 Å². The molecule has 35 heavy (non-hydrogen) atoms. The third-order valence-electron chi connectivity index (χ3n) is 6.41. The second kappa shape index (κ2) is 9.21. The Kier molecular flexibility index (Phi) is 6.46. The summed E-state index contributed by atoms with van der Waals surface area (Å²) in [5, 5.41) is 2.84. The Balaban J connectivity index is 1.47. The highest BCUT2D eigenvalue weighted by Crippen LogP contribution is 2.32. The molecule has 1 aliphatic heterocycles. The van der Waals surface area contributed by atoms with Crippen LogP contribution in [0.25, 0.3) is 11.0 Å². The number of alkyl halides is 3. The van der Waals surface area contributed by atoms with Crippen LogP contribution < -0.4 is 11.0 Å². The van der Waals surface area contributed by atoms with Gasteiger partial charge in [0.2, 0.25) is 11.8 Å². The lowest BCUT2D eigenvalue weighted by molar-refractivity contribution is -0.138. The monoisotopic (exact) mass is 489 g/mol. The number of fused-ring (bicyclic) bond motifs is 1. The topological polar surface area (TPSA) is 79.6 Å². The summed E-state index contributed by atoms with van der Waals surface area (Å²) in [7, 11) is 3.34. The highest BCUT2D eigenvalue weighted by atomic mass is 19.4. The molecule has 0 saturated carbocycles. The van der Waals surface area contributed by atoms with Gasteiger partial charge in [0.25, 0.3) is 0 Å². The molecule has 186 valence electrons. The minimum absolute atomic E-state index is 0.0502. The van der Waals surface area contributed by atoms with E-state index in [4.69, 9.17) is 0 Å². The average Bonchev–Trinajstić information content (AvgIpc) is 3.02. The summed E-state index contributed by atoms with van der Waals surface area (Å²) in [6.45, 7) is 2.59. The second-order valence-corrected chi connectivity index (χ2v) is 8.74. The second-order valence-electron chi connectivity index (χ2n) is 8.74. The van der Waals surface area contributed by atoms with Crippen molar-refractivity contribution >= 4 is 28.5 Å². The van der Waals surface area contributed by atoms with Gasteiger partial charge in [0, 0.05) is 46.3 Å². The van der Waals surface area contributed by atoms with Crippen LogP contribution in [0.5, 0.6) is 0 Å². The highest BCUT2D eigenvalue weighted by molar-refractivity contribution is 5.94. The van der Waals surface area contributed by atoms with E-state index in [-0.39, 0.29) is 24.0 Å². The molecule has 1 saturated heterocycles. The number of aromatic nitrogens is 2. The Morgan fingerprint density at radius 1 is 1.00 bits per heavy atom. The lowest BCUT2D eigenvalue weighted by atomic mass is 10.0. The fourth-order valence-corrected chi connectivity index (χ4v) is 4.53. The summed E-state index contributed by atoms with van der Waals surface area (Å²) < 4.78 is 41.9. The van der Waals surface area contributed by atoms with Crippen molar-refractivity contribution in [3.05, 3.63) is 64.1 Å². The molecule has 0 aliphatic carbocycles. The third kappa shape index (κ3) is 4.95. The van der Waals surface area contributed by atoms with E-state index in [1.165, 1.54) is 28.2 Å². The molecule has 4 rings (SSSR count). The highest BCUT2D eigenvalue weighted by Gasteiger charge is 2.33. The van der Waals surface area contributed by atoms with Crippen molar-refractivity contribution in [1.82, 2.24) is 18.9 Å². The normalized spacial score (nSPS) is 17.1. The molecular weight excluding hydrogens is 463 g/mol. The van der Waals surface area contributed by atoms with Gasteiger partial charge in [0.05, 0.1) is 29.2 Å². The van der Waals surface area contributed by atoms with E-state index in [1.807, 2.05) is 4.90 Å². The van der Waals surface area contributed by atoms with E-state index < -0.39 is 17.8 Å². The van der Waals surface area contributed by atoms with Crippen LogP contribution in [0.4, 0.5) is 18.9 Å². The molecule has 2 aromatic carbocycles. The molecule has 1 aromatic heterocycles. The van der Waals surface area contributed by atoms with Crippen LogP contribution in [0.3, 0.4) is 0 Å². The number of carbonyl (C=O) groups excluding carboxylic acids is 2. The Morgan fingerprint density at radius 2 is 1.66 bits per heavy atom. The zero-order chi connectivity index (χ0) is 25.5. The van der Waals surface area contributed by atoms with Gasteiger partial charge < -0.3 is 10.2 Å². The van der Waals surface area contributed by atoms with Crippen LogP contribution in [-0.4, -0.2) is 56.9 Å². The first kappa shape index (κ1) is 24.5. The van der Waals surface area contributed by atoms with Gasteiger partial charge in [0.1, 0.15) is 0 Å². The maximum Gasteiger partial charge on any atom is 0.416 e. The molecule has 2 amide bonds. The Morgan fingerprint density at radius 3 is 2.29 bits per heavy atom. The summed E-state index contributed by atoms with van der Waals surface area (Å²) >= 11 is 0. The third-order valence-corrected chi connectivity index (χ3v) is 6.41. The fourth-order valence-electron chi connectivity index (χ4n) is 4.53. The molecule has 1 aliphatic rings. The summed E-state index contributed by atoms with van der Waals surface area (Å²) in [5.74, 6) is -0.450. The Hall–Kier alpha value is -3.60. The molecule has 1 unspecified atom stereocenters. The van der Waals surface area contributed by atoms with Crippen LogP contribution in [0.1, 0.15) is 24.1 Å². The molecular formula is C24H26F3N5O3. The van der Waals surface area contributed by atoms with E-state index in [0.717, 1.165) is 17.6 Å². The predicted molar refractivity (Wildman–Crippen MR) is 125 cm³/mol. The molecule has 0 radical (unpaired) electrons. The number of amides is 2. The van der Waals surface area contributed by atoms with Gasteiger partial charge in [-0.15, -0.1) is 0 Å². The van der Waals surface area contributed by atoms with Crippen molar-refractivity contribution in [2.75, 3.05) is 31.5 Å². The van der Waals surface area contributed by atoms with Gasteiger partial charge in [-0.3, -0.25) is 23.6 Å². The molecule has 1 N–H and O–H groups in total. The number of imidazole rings is 1. The molecule has 1 fully saturated rings. The number of benzene rings is 2. The maximum atomic E-state index is 12.9. The molecule has 0 bridgehead atoms. The van der Waals surface area contributed by atoms with Crippen LogP contribution in [0.2, 0.25) is 0 Å². The first-order chi connectivity index (χ1) is 16.5. The molecule has 1 atom stereocenters. The van der Waals surface area contributed by atoms with E-state index in [2.05, 4.69) is 5.32 Å². The largest absolute Gasteiger partial charge is 0.416 e. The number of halogens is 3. The summed E-state index contributed by atoms with van der Waals surface area (Å²) in [6.07, 6.45) is -4.44. The van der Waals surface area contributed by atoms with E-state index in [9.17, 15) is 27.6 Å². The number of hydrogen-bond acceptors (Lipinski definition) is 4. The predicted octanol–water partition coefficient (Wildman–Crippen LogP) is 2.74. The summed E-state index contributed by atoms with van der Waals surface area (Å²) in [6, 6.07) is 9.52. The summed E-state index contributed by atoms with van der Waals surface area (Å²) in [5.41, 5.74) is 1.64. The van der Waals surface area contributed by atoms with Crippen LogP contribution in [0, 0.1) is 0 Å². The number of carbonyl (C=O) groups is 2. The van der Waals surface area contributed by atoms with Gasteiger partial charge in [-0.2, -0.15) is 13.2 Å². The number of nitrogens with one attached hydrogen (secondary N) is 1. The van der Waals surface area contributed by atoms with Crippen molar-refractivity contribution < 1.29 is 22.8 Å². The fraction of sp³-hybridized carbons (Fsp3) is 0.375. The van der Waals surface area contributed by atoms with Crippen molar-refractivity contribution in [3.63, 3.8) is 0 Å². The van der Waals surface area contributed by atoms with Crippen molar-refractivity contribution in [2.24, 2.45) is 14.1 Å². The minimum Gasteiger partial charge on any atom is -0.333 e. The van der Waals surface area contributed by atoms with Crippen molar-refractivity contribution in [1.29, 1.82) is 0 Å². The van der Waals surface area contributed by atoms with Gasteiger partial charge in [-0.25, -0.2) is 4.79 Å². The van der Waals surface area contributed by atoms with Gasteiger partial charge >= 0.3 is 11.9 Å². The molecule has 3 aromatic rings. The quantitative estimate of drug-likeness (QED) is 0.611. The average molecular weight is 489 g/mol. The number of piperazine rings is 1. The van der Waals surface area contributed by atoms with Crippen molar-refractivity contribution in [2.45, 2.75) is 19.1 Å². The van der Waals surface area contributed by atoms with Gasteiger partial charge in [-0.05, 0) is 35.9 Å². The van der Waals surface area contributed by atoms with Crippen molar-refractivity contribution in [3.8, 4) is 0 Å². The summed E-state index contributed by atoms with van der Waals surface area (Å²) in [4.78, 5) is 40.5. The number of anilines is 1. The molecule has 8 nitrogen and oxygen atoms in total. The number of aryl methyl sites for hydroxylation is 2. The zero-order valence-corrected chi connectivity index (χ0v) is 19.6. The van der Waals surface area contributed by atoms with Gasteiger partial charge in [0.15, 0.2) is 0 Å². The smallest absolute Gasteiger partial charge is 0.333 e. The van der Waals surface area contributed by atoms with Gasteiger partial charge in [-0.1, -0.05) is 12.1 Å².